The minimum absolute atomic E-state index is 0.163. The molecule has 1 aliphatic heterocycles. The molecule has 6 heteroatoms. The van der Waals surface area contributed by atoms with Gasteiger partial charge in [0.2, 0.25) is 0 Å². The van der Waals surface area contributed by atoms with Gasteiger partial charge in [-0.15, -0.1) is 0 Å². The standard InChI is InChI=1S/C19H26O6/c1-13(17-11-22-19(5,6)25-24-17)15-8-7-9-16(10-15)23-18(3,4)12-21-14(2)20/h7-10,17H,1,11-12H2,2-6H3. The molecule has 25 heavy (non-hydrogen) atoms. The van der Waals surface area contributed by atoms with Crippen LogP contribution >= 0.6 is 0 Å². The summed E-state index contributed by atoms with van der Waals surface area (Å²) < 4.78 is 16.6. The van der Waals surface area contributed by atoms with Crippen LogP contribution in [-0.2, 0) is 24.0 Å². The van der Waals surface area contributed by atoms with Crippen molar-refractivity contribution in [3.63, 3.8) is 0 Å². The van der Waals surface area contributed by atoms with Crippen molar-refractivity contribution in [2.45, 2.75) is 52.1 Å². The Morgan fingerprint density at radius 2 is 2.12 bits per heavy atom. The van der Waals surface area contributed by atoms with E-state index in [0.29, 0.717) is 12.4 Å². The van der Waals surface area contributed by atoms with Crippen LogP contribution in [-0.4, -0.2) is 36.7 Å². The van der Waals surface area contributed by atoms with Crippen LogP contribution in [0, 0.1) is 0 Å². The third kappa shape index (κ3) is 5.85. The Labute approximate surface area is 148 Å². The van der Waals surface area contributed by atoms with Crippen LogP contribution in [0.4, 0.5) is 0 Å². The fraction of sp³-hybridized carbons (Fsp3) is 0.526. The molecular formula is C19H26O6. The van der Waals surface area contributed by atoms with Crippen LogP contribution in [0.15, 0.2) is 30.8 Å². The van der Waals surface area contributed by atoms with Crippen LogP contribution in [0.3, 0.4) is 0 Å². The van der Waals surface area contributed by atoms with Gasteiger partial charge in [-0.05, 0) is 51.0 Å². The zero-order valence-electron chi connectivity index (χ0n) is 15.5. The lowest BCUT2D eigenvalue weighted by molar-refractivity contribution is -0.467. The SMILES string of the molecule is C=C(c1cccc(OC(C)(C)COC(C)=O)c1)C1COC(C)(C)OO1. The normalized spacial score (nSPS) is 20.0. The number of ether oxygens (including phenoxy) is 3. The summed E-state index contributed by atoms with van der Waals surface area (Å²) in [5.41, 5.74) is 0.944. The van der Waals surface area contributed by atoms with Gasteiger partial charge in [-0.25, -0.2) is 9.78 Å². The second-order valence-corrected chi connectivity index (χ2v) is 7.07. The lowest BCUT2D eigenvalue weighted by Crippen LogP contribution is -2.40. The van der Waals surface area contributed by atoms with Crippen LogP contribution in [0.25, 0.3) is 5.57 Å². The van der Waals surface area contributed by atoms with E-state index >= 15 is 0 Å². The number of rotatable bonds is 6. The van der Waals surface area contributed by atoms with Crippen molar-refractivity contribution in [1.29, 1.82) is 0 Å². The van der Waals surface area contributed by atoms with Crippen LogP contribution in [0.2, 0.25) is 0 Å². The highest BCUT2D eigenvalue weighted by Crippen LogP contribution is 2.29. The Hall–Kier alpha value is -1.89. The molecule has 1 fully saturated rings. The van der Waals surface area contributed by atoms with Gasteiger partial charge in [-0.2, -0.15) is 0 Å². The van der Waals surface area contributed by atoms with Crippen molar-refractivity contribution in [2.24, 2.45) is 0 Å². The fourth-order valence-electron chi connectivity index (χ4n) is 2.23. The first-order chi connectivity index (χ1) is 11.6. The zero-order chi connectivity index (χ0) is 18.7. The first-order valence-corrected chi connectivity index (χ1v) is 8.18. The smallest absolute Gasteiger partial charge is 0.302 e. The molecule has 1 atom stereocenters. The number of benzene rings is 1. The van der Waals surface area contributed by atoms with Crippen molar-refractivity contribution in [3.05, 3.63) is 36.4 Å². The molecule has 1 unspecified atom stereocenters. The van der Waals surface area contributed by atoms with Crippen LogP contribution < -0.4 is 4.74 Å². The monoisotopic (exact) mass is 350 g/mol. The summed E-state index contributed by atoms with van der Waals surface area (Å²) in [6.07, 6.45) is -0.391. The highest BCUT2D eigenvalue weighted by molar-refractivity contribution is 5.68. The lowest BCUT2D eigenvalue weighted by Gasteiger charge is -2.34. The van der Waals surface area contributed by atoms with Crippen molar-refractivity contribution >= 4 is 11.5 Å². The number of hydrogen-bond donors (Lipinski definition) is 0. The van der Waals surface area contributed by atoms with E-state index in [1.807, 2.05) is 38.1 Å². The summed E-state index contributed by atoms with van der Waals surface area (Å²) in [4.78, 5) is 21.6. The van der Waals surface area contributed by atoms with Gasteiger partial charge in [0.15, 0.2) is 5.79 Å². The third-order valence-electron chi connectivity index (χ3n) is 3.56. The van der Waals surface area contributed by atoms with Gasteiger partial charge in [-0.3, -0.25) is 4.79 Å². The summed E-state index contributed by atoms with van der Waals surface area (Å²) in [6.45, 7) is 13.2. The van der Waals surface area contributed by atoms with E-state index in [0.717, 1.165) is 11.1 Å². The molecule has 138 valence electrons. The number of carbonyl (C=O) groups is 1. The van der Waals surface area contributed by atoms with Crippen LogP contribution in [0.5, 0.6) is 5.75 Å². The molecule has 0 aromatic heterocycles. The first kappa shape index (κ1) is 19.4. The second kappa shape index (κ2) is 7.56. The molecule has 0 radical (unpaired) electrons. The van der Waals surface area contributed by atoms with Gasteiger partial charge in [0.25, 0.3) is 0 Å². The van der Waals surface area contributed by atoms with Crippen molar-refractivity contribution in [2.75, 3.05) is 13.2 Å². The Morgan fingerprint density at radius 3 is 2.72 bits per heavy atom. The molecule has 1 aliphatic rings. The minimum Gasteiger partial charge on any atom is -0.484 e. The Bertz CT molecular complexity index is 625. The number of esters is 1. The van der Waals surface area contributed by atoms with E-state index < -0.39 is 17.5 Å². The van der Waals surface area contributed by atoms with E-state index in [1.165, 1.54) is 6.92 Å². The van der Waals surface area contributed by atoms with Gasteiger partial charge in [-0.1, -0.05) is 18.7 Å². The lowest BCUT2D eigenvalue weighted by atomic mass is 10.0. The van der Waals surface area contributed by atoms with E-state index in [-0.39, 0.29) is 12.6 Å². The average Bonchev–Trinajstić information content (AvgIpc) is 2.52. The molecular weight excluding hydrogens is 324 g/mol. The molecule has 1 aromatic rings. The van der Waals surface area contributed by atoms with Crippen molar-refractivity contribution < 1.29 is 28.8 Å². The molecule has 1 aromatic carbocycles. The van der Waals surface area contributed by atoms with Gasteiger partial charge >= 0.3 is 5.97 Å². The molecule has 0 aliphatic carbocycles. The summed E-state index contributed by atoms with van der Waals surface area (Å²) in [5, 5.41) is 0. The number of carbonyl (C=O) groups excluding carboxylic acids is 1. The molecule has 0 bridgehead atoms. The van der Waals surface area contributed by atoms with Gasteiger partial charge in [0.1, 0.15) is 24.1 Å². The summed E-state index contributed by atoms with van der Waals surface area (Å²) in [5.74, 6) is -0.451. The van der Waals surface area contributed by atoms with Crippen LogP contribution in [0.1, 0.15) is 40.2 Å². The van der Waals surface area contributed by atoms with Gasteiger partial charge in [0.05, 0.1) is 6.61 Å². The first-order valence-electron chi connectivity index (χ1n) is 8.18. The molecule has 1 saturated heterocycles. The summed E-state index contributed by atoms with van der Waals surface area (Å²) in [6, 6.07) is 7.48. The Kier molecular flexibility index (Phi) is 5.87. The van der Waals surface area contributed by atoms with Gasteiger partial charge < -0.3 is 14.2 Å². The topological polar surface area (TPSA) is 63.2 Å². The fourth-order valence-corrected chi connectivity index (χ4v) is 2.23. The highest BCUT2D eigenvalue weighted by atomic mass is 17.2. The quantitative estimate of drug-likeness (QED) is 0.578. The van der Waals surface area contributed by atoms with E-state index in [9.17, 15) is 4.79 Å². The maximum atomic E-state index is 11.0. The maximum Gasteiger partial charge on any atom is 0.302 e. The molecule has 0 saturated carbocycles. The largest absolute Gasteiger partial charge is 0.484 e. The summed E-state index contributed by atoms with van der Waals surface area (Å²) >= 11 is 0. The van der Waals surface area contributed by atoms with Crippen molar-refractivity contribution in [1.82, 2.24) is 0 Å². The molecule has 0 N–H and O–H groups in total. The predicted octanol–water partition coefficient (Wildman–Crippen LogP) is 3.50. The molecule has 0 spiro atoms. The maximum absolute atomic E-state index is 11.0. The van der Waals surface area contributed by atoms with Gasteiger partial charge in [0, 0.05) is 6.92 Å². The second-order valence-electron chi connectivity index (χ2n) is 7.07. The number of hydrogen-bond acceptors (Lipinski definition) is 6. The Balaban J connectivity index is 2.03. The molecule has 6 nitrogen and oxygen atoms in total. The van der Waals surface area contributed by atoms with E-state index in [4.69, 9.17) is 24.0 Å². The van der Waals surface area contributed by atoms with E-state index in [1.54, 1.807) is 13.8 Å². The average molecular weight is 350 g/mol. The highest BCUT2D eigenvalue weighted by Gasteiger charge is 2.32. The zero-order valence-corrected chi connectivity index (χ0v) is 15.5. The predicted molar refractivity (Wildman–Crippen MR) is 92.8 cm³/mol. The third-order valence-corrected chi connectivity index (χ3v) is 3.56. The Morgan fingerprint density at radius 1 is 1.40 bits per heavy atom. The van der Waals surface area contributed by atoms with Crippen molar-refractivity contribution in [3.8, 4) is 5.75 Å². The molecule has 2 rings (SSSR count). The minimum atomic E-state index is -0.761. The summed E-state index contributed by atoms with van der Waals surface area (Å²) in [7, 11) is 0. The molecule has 0 amide bonds. The van der Waals surface area contributed by atoms with E-state index in [2.05, 4.69) is 6.58 Å². The molecule has 1 heterocycles.